The summed E-state index contributed by atoms with van der Waals surface area (Å²) >= 11 is 0. The lowest BCUT2D eigenvalue weighted by Crippen LogP contribution is -2.70. The van der Waals surface area contributed by atoms with Gasteiger partial charge in [-0.05, 0) is 88.9 Å². The Morgan fingerprint density at radius 3 is 2.26 bits per heavy atom. The molecule has 0 saturated heterocycles. The third kappa shape index (κ3) is 2.79. The van der Waals surface area contributed by atoms with E-state index in [0.717, 1.165) is 23.4 Å². The van der Waals surface area contributed by atoms with Crippen LogP contribution in [0.25, 0.3) is 23.3 Å². The average molecular weight is 601 g/mol. The highest BCUT2D eigenvalue weighted by atomic mass is 16.1. The number of Topliss-reactive ketones (excluding diaryl/α,β-unsaturated/α-hetero) is 1. The molecule has 46 heavy (non-hydrogen) atoms. The number of aromatic nitrogens is 2. The van der Waals surface area contributed by atoms with Crippen LogP contribution in [-0.4, -0.2) is 35.5 Å². The summed E-state index contributed by atoms with van der Waals surface area (Å²) in [6, 6.07) is 20.3. The summed E-state index contributed by atoms with van der Waals surface area (Å²) in [4.78, 5) is 13.5. The Hall–Kier alpha value is -5.03. The summed E-state index contributed by atoms with van der Waals surface area (Å²) in [5, 5.41) is 2.38. The van der Waals surface area contributed by atoms with Gasteiger partial charge in [0.2, 0.25) is 17.1 Å². The molecule has 4 aromatic rings. The van der Waals surface area contributed by atoms with Gasteiger partial charge >= 0.3 is 5.91 Å². The Morgan fingerprint density at radius 1 is 0.804 bits per heavy atom. The number of aryl methyl sites for hydroxylation is 4. The van der Waals surface area contributed by atoms with Crippen molar-refractivity contribution in [2.24, 2.45) is 5.41 Å². The molecule has 224 valence electrons. The van der Waals surface area contributed by atoms with Crippen LogP contribution in [0.1, 0.15) is 82.3 Å². The van der Waals surface area contributed by atoms with Crippen LogP contribution < -0.4 is 10.7 Å². The zero-order valence-electron chi connectivity index (χ0n) is 27.4. The smallest absolute Gasteiger partial charge is 0.294 e. The molecule has 2 aromatic carbocycles. The van der Waals surface area contributed by atoms with Crippen molar-refractivity contribution in [1.29, 1.82) is 0 Å². The number of rotatable bonds is 3. The Kier molecular flexibility index (Phi) is 4.57. The van der Waals surface area contributed by atoms with Crippen molar-refractivity contribution in [1.82, 2.24) is 9.13 Å². The minimum absolute atomic E-state index is 0.0700. The van der Waals surface area contributed by atoms with Gasteiger partial charge in [0.25, 0.3) is 0 Å². The average Bonchev–Trinajstić information content (AvgIpc) is 3.76. The molecule has 2 aromatic heterocycles. The van der Waals surface area contributed by atoms with Gasteiger partial charge in [-0.25, -0.2) is 0 Å². The lowest BCUT2D eigenvalue weighted by Gasteiger charge is -2.40. The maximum absolute atomic E-state index is 13.5. The monoisotopic (exact) mass is 600 g/mol. The molecule has 0 saturated carbocycles. The van der Waals surface area contributed by atoms with Crippen LogP contribution in [0.15, 0.2) is 78.1 Å². The van der Waals surface area contributed by atoms with Crippen molar-refractivity contribution >= 4 is 40.5 Å². The fourth-order valence-corrected chi connectivity index (χ4v) is 9.52. The van der Waals surface area contributed by atoms with Gasteiger partial charge in [-0.15, -0.1) is 0 Å². The first-order valence-corrected chi connectivity index (χ1v) is 16.4. The van der Waals surface area contributed by atoms with Crippen LogP contribution in [-0.2, 0) is 5.91 Å². The van der Waals surface area contributed by atoms with Gasteiger partial charge in [0.1, 0.15) is 0 Å². The van der Waals surface area contributed by atoms with Crippen LogP contribution >= 0.6 is 0 Å². The van der Waals surface area contributed by atoms with Gasteiger partial charge in [0.05, 0.1) is 38.6 Å². The number of hydrogen-bond donors (Lipinski definition) is 0. The quantitative estimate of drug-likeness (QED) is 0.214. The first kappa shape index (κ1) is 26.2. The minimum Gasteiger partial charge on any atom is -0.294 e. The van der Waals surface area contributed by atoms with E-state index in [2.05, 4.69) is 139 Å². The summed E-state index contributed by atoms with van der Waals surface area (Å²) < 4.78 is 10.3. The summed E-state index contributed by atoms with van der Waals surface area (Å²) in [6.45, 7) is 15.2. The molecule has 0 fully saturated rings. The Bertz CT molecular complexity index is 2490. The van der Waals surface area contributed by atoms with Crippen molar-refractivity contribution in [3.63, 3.8) is 0 Å². The van der Waals surface area contributed by atoms with E-state index >= 15 is 0 Å². The van der Waals surface area contributed by atoms with E-state index in [0.29, 0.717) is 0 Å². The van der Waals surface area contributed by atoms with Gasteiger partial charge in [0, 0.05) is 36.3 Å². The summed E-state index contributed by atoms with van der Waals surface area (Å²) in [7, 11) is 0. The highest BCUT2D eigenvalue weighted by molar-refractivity contribution is 6.28. The topological polar surface area (TPSA) is 32.9 Å². The fourth-order valence-electron chi connectivity index (χ4n) is 9.52. The maximum atomic E-state index is 13.5. The van der Waals surface area contributed by atoms with E-state index < -0.39 is 5.91 Å². The SMILES string of the molecule is CC(=O)c1cc2n3c1C=C1CC(C)(C)C4=[N+]1[C@@]31n3c(ccc3=C(c3ccc(C)cc3)C3=[N+]1C(=C2c1c(C)cc(C)cc1C)C=C3)=C4. The third-order valence-electron chi connectivity index (χ3n) is 11.1. The lowest BCUT2D eigenvalue weighted by molar-refractivity contribution is -0.835. The van der Waals surface area contributed by atoms with E-state index in [1.54, 1.807) is 6.92 Å². The first-order chi connectivity index (χ1) is 22.0. The van der Waals surface area contributed by atoms with E-state index in [4.69, 9.17) is 0 Å². The van der Waals surface area contributed by atoms with Crippen LogP contribution in [0.5, 0.6) is 0 Å². The van der Waals surface area contributed by atoms with E-state index in [1.165, 1.54) is 78.0 Å². The molecule has 0 N–H and O–H groups in total. The molecule has 8 heterocycles. The fraction of sp³-hybridized carbons (Fsp3) is 0.244. The highest BCUT2D eigenvalue weighted by Gasteiger charge is 2.73. The molecule has 1 spiro atoms. The van der Waals surface area contributed by atoms with Crippen LogP contribution in [0, 0.1) is 33.1 Å². The van der Waals surface area contributed by atoms with Gasteiger partial charge in [-0.1, -0.05) is 56.7 Å². The highest BCUT2D eigenvalue weighted by Crippen LogP contribution is 2.54. The number of carbonyl (C=O) groups excluding carboxylic acids is 1. The molecule has 5 nitrogen and oxygen atoms in total. The molecule has 6 aliphatic heterocycles. The van der Waals surface area contributed by atoms with E-state index in [-0.39, 0.29) is 11.2 Å². The second-order valence-electron chi connectivity index (χ2n) is 14.7. The molecule has 0 amide bonds. The normalized spacial score (nSPS) is 22.0. The Morgan fingerprint density at radius 2 is 1.54 bits per heavy atom. The molecule has 6 aliphatic rings. The van der Waals surface area contributed by atoms with Gasteiger partial charge in [0.15, 0.2) is 11.5 Å². The number of nitrogens with zero attached hydrogens (tertiary/aromatic N) is 4. The molecule has 0 bridgehead atoms. The lowest BCUT2D eigenvalue weighted by atomic mass is 9.85. The molecule has 0 unspecified atom stereocenters. The Labute approximate surface area is 268 Å². The summed E-state index contributed by atoms with van der Waals surface area (Å²) in [5.41, 5.74) is 17.6. The molecule has 0 aliphatic carbocycles. The van der Waals surface area contributed by atoms with E-state index in [1.807, 2.05) is 0 Å². The predicted octanol–water partition coefficient (Wildman–Crippen LogP) is 5.88. The van der Waals surface area contributed by atoms with Crippen molar-refractivity contribution in [2.75, 3.05) is 0 Å². The van der Waals surface area contributed by atoms with Crippen LogP contribution in [0.3, 0.4) is 0 Å². The molecular formula is C41H36N4O+2. The summed E-state index contributed by atoms with van der Waals surface area (Å²) in [6.07, 6.45) is 10.3. The number of benzene rings is 2. The Balaban J connectivity index is 1.48. The molecule has 0 radical (unpaired) electrons. The molecule has 1 atom stereocenters. The third-order valence-corrected chi connectivity index (χ3v) is 11.1. The van der Waals surface area contributed by atoms with Crippen LogP contribution in [0.2, 0.25) is 0 Å². The van der Waals surface area contributed by atoms with Crippen molar-refractivity contribution in [3.05, 3.63) is 139 Å². The second-order valence-corrected chi connectivity index (χ2v) is 14.7. The van der Waals surface area contributed by atoms with Gasteiger partial charge < -0.3 is 0 Å². The van der Waals surface area contributed by atoms with Crippen LogP contribution in [0.4, 0.5) is 0 Å². The first-order valence-electron chi connectivity index (χ1n) is 16.4. The largest absolute Gasteiger partial charge is 0.553 e. The number of ketones is 1. The maximum Gasteiger partial charge on any atom is 0.553 e. The zero-order chi connectivity index (χ0) is 31.6. The van der Waals surface area contributed by atoms with Gasteiger partial charge in [-0.2, -0.15) is 9.13 Å². The van der Waals surface area contributed by atoms with Crippen molar-refractivity contribution in [3.8, 4) is 0 Å². The number of allylic oxidation sites excluding steroid dienone is 3. The predicted molar refractivity (Wildman–Crippen MR) is 182 cm³/mol. The number of carbonyl (C=O) groups is 1. The second kappa shape index (κ2) is 8.03. The van der Waals surface area contributed by atoms with E-state index in [9.17, 15) is 4.79 Å². The summed E-state index contributed by atoms with van der Waals surface area (Å²) in [5.74, 6) is -0.674. The molecule has 10 rings (SSSR count). The van der Waals surface area contributed by atoms with Gasteiger partial charge in [-0.3, -0.25) is 4.79 Å². The standard InChI is InChI=1S/C41H36N4O/c1-22-8-10-27(11-9-22)38-31-13-12-28-19-36-40(6,7)21-29-18-34-30(26(5)46)20-35-39(37-24(3)16-23(2)17-25(37)4)33-15-14-32(38)44(33)41(42(28)31,43(29)36)45(34)35/h8-20H,21H2,1-7H3/q+2/t41-/m1/s1. The van der Waals surface area contributed by atoms with Crippen molar-refractivity contribution < 1.29 is 13.9 Å². The van der Waals surface area contributed by atoms with Crippen molar-refractivity contribution in [2.45, 2.75) is 60.8 Å². The minimum atomic E-state index is -0.771. The molecule has 5 heteroatoms. The number of hydrogen-bond acceptors (Lipinski definition) is 1. The molecular weight excluding hydrogens is 564 g/mol. The zero-order valence-corrected chi connectivity index (χ0v) is 27.4.